The minimum atomic E-state index is -0.900. The first-order valence-corrected chi connectivity index (χ1v) is 5.10. The van der Waals surface area contributed by atoms with Gasteiger partial charge in [-0.25, -0.2) is 14.8 Å². The van der Waals surface area contributed by atoms with E-state index in [9.17, 15) is 4.79 Å². The summed E-state index contributed by atoms with van der Waals surface area (Å²) in [7, 11) is 3.47. The molecule has 17 heavy (non-hydrogen) atoms. The lowest BCUT2D eigenvalue weighted by Gasteiger charge is -2.22. The van der Waals surface area contributed by atoms with E-state index in [2.05, 4.69) is 15.1 Å². The Morgan fingerprint density at radius 2 is 2.24 bits per heavy atom. The van der Waals surface area contributed by atoms with Crippen LogP contribution in [-0.4, -0.2) is 43.9 Å². The van der Waals surface area contributed by atoms with Crippen LogP contribution in [0.5, 0.6) is 0 Å². The van der Waals surface area contributed by atoms with Gasteiger partial charge in [-0.2, -0.15) is 5.10 Å². The van der Waals surface area contributed by atoms with Crippen LogP contribution in [0.4, 0.5) is 5.82 Å². The predicted octanol–water partition coefficient (Wildman–Crippen LogP) is 0.273. The van der Waals surface area contributed by atoms with Gasteiger partial charge in [0.2, 0.25) is 0 Å². The molecular weight excluding hydrogens is 222 g/mol. The molecule has 0 saturated carbocycles. The Kier molecular flexibility index (Phi) is 2.66. The maximum Gasteiger partial charge on any atom is 0.326 e. The fourth-order valence-electron chi connectivity index (χ4n) is 1.58. The van der Waals surface area contributed by atoms with Gasteiger partial charge in [-0.3, -0.25) is 4.68 Å². The van der Waals surface area contributed by atoms with Crippen molar-refractivity contribution in [2.24, 2.45) is 7.05 Å². The second-order valence-electron chi connectivity index (χ2n) is 3.83. The van der Waals surface area contributed by atoms with Crippen LogP contribution < -0.4 is 4.90 Å². The van der Waals surface area contributed by atoms with Crippen LogP contribution in [0.15, 0.2) is 12.5 Å². The number of nitrogens with zero attached hydrogens (tertiary/aromatic N) is 5. The summed E-state index contributed by atoms with van der Waals surface area (Å²) in [6.07, 6.45) is 3.04. The fourth-order valence-corrected chi connectivity index (χ4v) is 1.58. The first-order valence-electron chi connectivity index (χ1n) is 5.10. The molecule has 0 bridgehead atoms. The molecule has 90 valence electrons. The number of aromatic nitrogens is 4. The van der Waals surface area contributed by atoms with E-state index < -0.39 is 12.0 Å². The minimum absolute atomic E-state index is 0.568. The highest BCUT2D eigenvalue weighted by Gasteiger charge is 2.21. The highest BCUT2D eigenvalue weighted by Crippen LogP contribution is 2.22. The van der Waals surface area contributed by atoms with Crippen molar-refractivity contribution in [1.82, 2.24) is 19.7 Å². The molecular formula is C10H13N5O2. The molecule has 0 spiro atoms. The first-order chi connectivity index (χ1) is 8.02. The quantitative estimate of drug-likeness (QED) is 0.822. The lowest BCUT2D eigenvalue weighted by Crippen LogP contribution is -2.36. The third-order valence-corrected chi connectivity index (χ3v) is 2.78. The number of aliphatic carboxylic acids is 1. The van der Waals surface area contributed by atoms with Crippen molar-refractivity contribution in [1.29, 1.82) is 0 Å². The molecule has 0 aliphatic rings. The molecule has 0 amide bonds. The largest absolute Gasteiger partial charge is 0.480 e. The molecule has 0 aromatic carbocycles. The van der Waals surface area contributed by atoms with Gasteiger partial charge in [-0.1, -0.05) is 0 Å². The number of fused-ring (bicyclic) bond motifs is 1. The van der Waals surface area contributed by atoms with Crippen LogP contribution in [0.3, 0.4) is 0 Å². The number of hydrogen-bond donors (Lipinski definition) is 1. The number of rotatable bonds is 3. The zero-order valence-corrected chi connectivity index (χ0v) is 9.82. The predicted molar refractivity (Wildman–Crippen MR) is 61.8 cm³/mol. The average Bonchev–Trinajstić information content (AvgIpc) is 2.69. The summed E-state index contributed by atoms with van der Waals surface area (Å²) >= 11 is 0. The summed E-state index contributed by atoms with van der Waals surface area (Å²) < 4.78 is 1.62. The van der Waals surface area contributed by atoms with Gasteiger partial charge in [0.1, 0.15) is 18.2 Å². The van der Waals surface area contributed by atoms with Crippen LogP contribution in [0.1, 0.15) is 6.92 Å². The molecule has 0 radical (unpaired) electrons. The monoisotopic (exact) mass is 235 g/mol. The number of carboxylic acid groups (broad SMARTS) is 1. The second-order valence-corrected chi connectivity index (χ2v) is 3.83. The van der Waals surface area contributed by atoms with Crippen molar-refractivity contribution in [3.8, 4) is 0 Å². The fraction of sp³-hybridized carbons (Fsp3) is 0.400. The molecule has 7 nitrogen and oxygen atoms in total. The van der Waals surface area contributed by atoms with E-state index in [0.717, 1.165) is 5.39 Å². The van der Waals surface area contributed by atoms with Crippen molar-refractivity contribution in [3.05, 3.63) is 12.5 Å². The molecule has 0 fully saturated rings. The second kappa shape index (κ2) is 4.00. The molecule has 0 aliphatic carbocycles. The maximum absolute atomic E-state index is 10.9. The summed E-state index contributed by atoms with van der Waals surface area (Å²) in [5.41, 5.74) is 0.680. The normalized spacial score (nSPS) is 12.6. The SMILES string of the molecule is CC(C(=O)O)N(C)c1ncnc2c1cnn2C. The van der Waals surface area contributed by atoms with E-state index in [1.807, 2.05) is 0 Å². The van der Waals surface area contributed by atoms with E-state index in [0.29, 0.717) is 11.5 Å². The van der Waals surface area contributed by atoms with Crippen LogP contribution in [0, 0.1) is 0 Å². The molecule has 2 heterocycles. The number of hydrogen-bond acceptors (Lipinski definition) is 5. The molecule has 1 unspecified atom stereocenters. The maximum atomic E-state index is 10.9. The summed E-state index contributed by atoms with van der Waals surface area (Å²) in [6.45, 7) is 1.60. The number of anilines is 1. The van der Waals surface area contributed by atoms with Gasteiger partial charge in [0.05, 0.1) is 11.6 Å². The summed E-state index contributed by atoms with van der Waals surface area (Å²) in [4.78, 5) is 20.8. The number of aryl methyl sites for hydroxylation is 1. The summed E-state index contributed by atoms with van der Waals surface area (Å²) in [5, 5.41) is 13.8. The molecule has 1 atom stereocenters. The molecule has 1 N–H and O–H groups in total. The van der Waals surface area contributed by atoms with E-state index in [1.165, 1.54) is 6.33 Å². The lowest BCUT2D eigenvalue weighted by molar-refractivity contribution is -0.138. The number of likely N-dealkylation sites (N-methyl/N-ethyl adjacent to an activating group) is 1. The van der Waals surface area contributed by atoms with Crippen LogP contribution in [0.2, 0.25) is 0 Å². The zero-order chi connectivity index (χ0) is 12.6. The Morgan fingerprint density at radius 3 is 2.88 bits per heavy atom. The lowest BCUT2D eigenvalue weighted by atomic mass is 10.3. The summed E-state index contributed by atoms with van der Waals surface area (Å²) in [5.74, 6) is -0.332. The van der Waals surface area contributed by atoms with Crippen LogP contribution in [-0.2, 0) is 11.8 Å². The van der Waals surface area contributed by atoms with Crippen molar-refractivity contribution < 1.29 is 9.90 Å². The van der Waals surface area contributed by atoms with Gasteiger partial charge < -0.3 is 10.0 Å². The Morgan fingerprint density at radius 1 is 1.53 bits per heavy atom. The summed E-state index contributed by atoms with van der Waals surface area (Å²) in [6, 6.07) is -0.659. The van der Waals surface area contributed by atoms with Gasteiger partial charge in [-0.05, 0) is 6.92 Å². The van der Waals surface area contributed by atoms with E-state index >= 15 is 0 Å². The highest BCUT2D eigenvalue weighted by molar-refractivity contribution is 5.89. The Bertz CT molecular complexity index is 565. The van der Waals surface area contributed by atoms with Gasteiger partial charge in [0.25, 0.3) is 0 Å². The van der Waals surface area contributed by atoms with E-state index in [-0.39, 0.29) is 0 Å². The Hall–Kier alpha value is -2.18. The van der Waals surface area contributed by atoms with Gasteiger partial charge >= 0.3 is 5.97 Å². The molecule has 7 heteroatoms. The topological polar surface area (TPSA) is 84.1 Å². The molecule has 2 aromatic rings. The third kappa shape index (κ3) is 1.79. The third-order valence-electron chi connectivity index (χ3n) is 2.78. The molecule has 2 rings (SSSR count). The Balaban J connectivity index is 2.52. The van der Waals surface area contributed by atoms with Crippen molar-refractivity contribution in [2.45, 2.75) is 13.0 Å². The average molecular weight is 235 g/mol. The van der Waals surface area contributed by atoms with Gasteiger partial charge in [0, 0.05) is 14.1 Å². The first kappa shape index (κ1) is 11.3. The van der Waals surface area contributed by atoms with E-state index in [1.54, 1.807) is 36.8 Å². The molecule has 2 aromatic heterocycles. The highest BCUT2D eigenvalue weighted by atomic mass is 16.4. The molecule has 0 aliphatic heterocycles. The van der Waals surface area contributed by atoms with Gasteiger partial charge in [0.15, 0.2) is 5.65 Å². The zero-order valence-electron chi connectivity index (χ0n) is 9.82. The number of carboxylic acids is 1. The van der Waals surface area contributed by atoms with Crippen LogP contribution >= 0.6 is 0 Å². The smallest absolute Gasteiger partial charge is 0.326 e. The van der Waals surface area contributed by atoms with Gasteiger partial charge in [-0.15, -0.1) is 0 Å². The van der Waals surface area contributed by atoms with Crippen LogP contribution in [0.25, 0.3) is 11.0 Å². The molecule has 0 saturated heterocycles. The van der Waals surface area contributed by atoms with E-state index in [4.69, 9.17) is 5.11 Å². The number of carbonyl (C=O) groups is 1. The minimum Gasteiger partial charge on any atom is -0.480 e. The Labute approximate surface area is 97.7 Å². The van der Waals surface area contributed by atoms with Crippen molar-refractivity contribution >= 4 is 22.8 Å². The standard InChI is InChI=1S/C10H13N5O2/c1-6(10(16)17)14(2)8-7-4-13-15(3)9(7)12-5-11-8/h4-6H,1-3H3,(H,16,17). The van der Waals surface area contributed by atoms with Crippen molar-refractivity contribution in [2.75, 3.05) is 11.9 Å². The van der Waals surface area contributed by atoms with Crippen molar-refractivity contribution in [3.63, 3.8) is 0 Å².